The van der Waals surface area contributed by atoms with Crippen molar-refractivity contribution in [3.8, 4) is 0 Å². The molecule has 126 valence electrons. The fourth-order valence-electron chi connectivity index (χ4n) is 2.60. The van der Waals surface area contributed by atoms with Crippen molar-refractivity contribution >= 4 is 24.8 Å². The summed E-state index contributed by atoms with van der Waals surface area (Å²) in [5.74, 6) is 0. The van der Waals surface area contributed by atoms with Crippen LogP contribution in [0.5, 0.6) is 0 Å². The summed E-state index contributed by atoms with van der Waals surface area (Å²) in [4.78, 5) is 0. The Balaban J connectivity index is 2.54. The lowest BCUT2D eigenvalue weighted by atomic mass is 10.1. The van der Waals surface area contributed by atoms with Crippen molar-refractivity contribution in [3.05, 3.63) is 42.5 Å². The average Bonchev–Trinajstić information content (AvgIpc) is 2.44. The Bertz CT molecular complexity index is 611. The first-order chi connectivity index (χ1) is 10.8. The Labute approximate surface area is 140 Å². The molecule has 0 unspecified atom stereocenters. The van der Waals surface area contributed by atoms with Crippen LogP contribution in [-0.4, -0.2) is 27.1 Å². The first kappa shape index (κ1) is 18.1. The zero-order chi connectivity index (χ0) is 17.0. The van der Waals surface area contributed by atoms with Crippen LogP contribution in [0.15, 0.2) is 42.5 Å². The van der Waals surface area contributed by atoms with Gasteiger partial charge in [-0.2, -0.15) is 0 Å². The molecule has 0 radical (unpaired) electrons. The second-order valence-corrected chi connectivity index (χ2v) is 9.01. The maximum atomic E-state index is 6.29. The third kappa shape index (κ3) is 4.64. The maximum Gasteiger partial charge on any atom is 0.537 e. The molecule has 0 aliphatic carbocycles. The molecule has 0 fully saturated rings. The SMILES string of the molecule is CC(C)O[Si](OC(C)C)(OC(C)C)c1ccc2ccccc2c1. The highest BCUT2D eigenvalue weighted by Gasteiger charge is 2.46. The van der Waals surface area contributed by atoms with Crippen LogP contribution in [0.4, 0.5) is 0 Å². The van der Waals surface area contributed by atoms with Crippen LogP contribution in [0.25, 0.3) is 10.8 Å². The molecule has 0 atom stereocenters. The van der Waals surface area contributed by atoms with Crippen LogP contribution >= 0.6 is 0 Å². The van der Waals surface area contributed by atoms with Gasteiger partial charge in [-0.15, -0.1) is 0 Å². The summed E-state index contributed by atoms with van der Waals surface area (Å²) in [7, 11) is -2.98. The van der Waals surface area contributed by atoms with Gasteiger partial charge in [-0.05, 0) is 58.4 Å². The molecule has 2 aromatic rings. The number of benzene rings is 2. The molecule has 4 heteroatoms. The Morgan fingerprint density at radius 1 is 0.652 bits per heavy atom. The zero-order valence-electron chi connectivity index (χ0n) is 15.0. The molecular weight excluding hydrogens is 304 g/mol. The number of fused-ring (bicyclic) bond motifs is 1. The molecule has 2 aromatic carbocycles. The lowest BCUT2D eigenvalue weighted by Gasteiger charge is -2.34. The summed E-state index contributed by atoms with van der Waals surface area (Å²) in [6.45, 7) is 12.1. The van der Waals surface area contributed by atoms with Crippen molar-refractivity contribution in [2.45, 2.75) is 59.9 Å². The third-order valence-corrected chi connectivity index (χ3v) is 6.64. The van der Waals surface area contributed by atoms with Gasteiger partial charge in [0.15, 0.2) is 0 Å². The van der Waals surface area contributed by atoms with Gasteiger partial charge in [0.25, 0.3) is 0 Å². The summed E-state index contributed by atoms with van der Waals surface area (Å²) < 4.78 is 18.9. The van der Waals surface area contributed by atoms with E-state index in [1.165, 1.54) is 10.8 Å². The highest BCUT2D eigenvalue weighted by atomic mass is 28.4. The van der Waals surface area contributed by atoms with Crippen molar-refractivity contribution < 1.29 is 13.3 Å². The Hall–Kier alpha value is -1.20. The van der Waals surface area contributed by atoms with Crippen LogP contribution in [0.1, 0.15) is 41.5 Å². The summed E-state index contributed by atoms with van der Waals surface area (Å²) in [5.41, 5.74) is 0. The van der Waals surface area contributed by atoms with Gasteiger partial charge in [-0.25, -0.2) is 0 Å². The molecule has 0 saturated carbocycles. The summed E-state index contributed by atoms with van der Waals surface area (Å²) >= 11 is 0. The van der Waals surface area contributed by atoms with Gasteiger partial charge in [-0.3, -0.25) is 0 Å². The normalized spacial score (nSPS) is 12.7. The highest BCUT2D eigenvalue weighted by molar-refractivity contribution is 6.75. The molecule has 0 saturated heterocycles. The lowest BCUT2D eigenvalue weighted by Crippen LogP contribution is -2.60. The first-order valence-corrected chi connectivity index (χ1v) is 10.1. The standard InChI is InChI=1S/C19H28O3Si/c1-14(2)20-23(21-15(3)4,22-16(5)6)19-12-11-17-9-7-8-10-18(17)13-19/h7-16H,1-6H3. The number of hydrogen-bond acceptors (Lipinski definition) is 3. The van der Waals surface area contributed by atoms with E-state index in [4.69, 9.17) is 13.3 Å². The average molecular weight is 333 g/mol. The van der Waals surface area contributed by atoms with Crippen LogP contribution in [0, 0.1) is 0 Å². The van der Waals surface area contributed by atoms with Crippen molar-refractivity contribution in [2.75, 3.05) is 0 Å². The van der Waals surface area contributed by atoms with Gasteiger partial charge in [0.05, 0.1) is 0 Å². The van der Waals surface area contributed by atoms with Gasteiger partial charge >= 0.3 is 8.80 Å². The van der Waals surface area contributed by atoms with Crippen LogP contribution in [-0.2, 0) is 13.3 Å². The minimum absolute atomic E-state index is 0.0330. The smallest absolute Gasteiger partial charge is 0.367 e. The van der Waals surface area contributed by atoms with E-state index in [2.05, 4.69) is 30.3 Å². The van der Waals surface area contributed by atoms with Gasteiger partial charge in [0, 0.05) is 23.5 Å². The summed E-state index contributed by atoms with van der Waals surface area (Å²) in [5, 5.41) is 3.40. The van der Waals surface area contributed by atoms with E-state index < -0.39 is 8.80 Å². The number of hydrogen-bond donors (Lipinski definition) is 0. The van der Waals surface area contributed by atoms with Gasteiger partial charge in [-0.1, -0.05) is 36.4 Å². The van der Waals surface area contributed by atoms with E-state index in [-0.39, 0.29) is 18.3 Å². The molecule has 0 aliphatic heterocycles. The van der Waals surface area contributed by atoms with E-state index in [1.807, 2.05) is 53.7 Å². The van der Waals surface area contributed by atoms with E-state index >= 15 is 0 Å². The monoisotopic (exact) mass is 332 g/mol. The topological polar surface area (TPSA) is 27.7 Å². The van der Waals surface area contributed by atoms with E-state index in [1.54, 1.807) is 0 Å². The predicted octanol–water partition coefficient (Wildman–Crippen LogP) is 4.26. The number of rotatable bonds is 7. The third-order valence-electron chi connectivity index (χ3n) is 3.28. The van der Waals surface area contributed by atoms with Crippen LogP contribution in [0.2, 0.25) is 0 Å². The summed E-state index contributed by atoms with van der Waals surface area (Å²) in [6.07, 6.45) is 0.0990. The molecule has 0 spiro atoms. The fraction of sp³-hybridized carbons (Fsp3) is 0.474. The quantitative estimate of drug-likeness (QED) is 0.709. The van der Waals surface area contributed by atoms with Crippen LogP contribution in [0.3, 0.4) is 0 Å². The molecule has 0 heterocycles. The lowest BCUT2D eigenvalue weighted by molar-refractivity contribution is 0.0154. The Morgan fingerprint density at radius 2 is 1.13 bits per heavy atom. The molecule has 0 bridgehead atoms. The van der Waals surface area contributed by atoms with Crippen molar-refractivity contribution in [3.63, 3.8) is 0 Å². The molecule has 3 nitrogen and oxygen atoms in total. The van der Waals surface area contributed by atoms with Gasteiger partial charge in [0.2, 0.25) is 0 Å². The zero-order valence-corrected chi connectivity index (χ0v) is 16.0. The maximum absolute atomic E-state index is 6.29. The molecule has 23 heavy (non-hydrogen) atoms. The molecular formula is C19H28O3Si. The van der Waals surface area contributed by atoms with E-state index in [0.29, 0.717) is 0 Å². The second kappa shape index (κ2) is 7.58. The first-order valence-electron chi connectivity index (χ1n) is 8.35. The second-order valence-electron chi connectivity index (χ2n) is 6.62. The molecule has 2 rings (SSSR count). The predicted molar refractivity (Wildman–Crippen MR) is 98.0 cm³/mol. The van der Waals surface area contributed by atoms with Gasteiger partial charge in [0.1, 0.15) is 0 Å². The summed E-state index contributed by atoms with van der Waals surface area (Å²) in [6, 6.07) is 14.7. The fourth-order valence-corrected chi connectivity index (χ4v) is 5.65. The largest absolute Gasteiger partial charge is 0.537 e. The van der Waals surface area contributed by atoms with Crippen LogP contribution < -0.4 is 5.19 Å². The van der Waals surface area contributed by atoms with Crippen molar-refractivity contribution in [1.29, 1.82) is 0 Å². The minimum atomic E-state index is -2.98. The molecule has 0 aromatic heterocycles. The molecule has 0 N–H and O–H groups in total. The highest BCUT2D eigenvalue weighted by Crippen LogP contribution is 2.20. The Kier molecular flexibility index (Phi) is 5.98. The van der Waals surface area contributed by atoms with E-state index in [0.717, 1.165) is 5.19 Å². The Morgan fingerprint density at radius 3 is 1.61 bits per heavy atom. The van der Waals surface area contributed by atoms with Crippen molar-refractivity contribution in [1.82, 2.24) is 0 Å². The van der Waals surface area contributed by atoms with E-state index in [9.17, 15) is 0 Å². The molecule has 0 amide bonds. The minimum Gasteiger partial charge on any atom is -0.367 e. The van der Waals surface area contributed by atoms with Crippen molar-refractivity contribution in [2.24, 2.45) is 0 Å². The molecule has 0 aliphatic rings. The van der Waals surface area contributed by atoms with Gasteiger partial charge < -0.3 is 13.3 Å².